The Morgan fingerprint density at radius 2 is 1.89 bits per heavy atom. The summed E-state index contributed by atoms with van der Waals surface area (Å²) in [6.45, 7) is 3.67. The number of hydrogen-bond donors (Lipinski definition) is 1. The number of nitrogens with two attached hydrogens (primary N) is 1. The molecule has 37 heavy (non-hydrogen) atoms. The van der Waals surface area contributed by atoms with Crippen molar-refractivity contribution in [1.29, 1.82) is 0 Å². The van der Waals surface area contributed by atoms with Crippen LogP contribution in [-0.2, 0) is 0 Å². The van der Waals surface area contributed by atoms with Gasteiger partial charge in [0, 0.05) is 58.6 Å². The maximum Gasteiger partial charge on any atom is 0.341 e. The standard InChI is InChI=1S/C24H26F2N10O/c1-31-24(37)34(13-10-32-8-11-33(12-9-32)19-6-5-16(25)14-17(19)26)23-30-22-21(36(23)31)20(29-15-35(22)27)18-4-2-3-7-28-18/h2-7,14-15,23H,8-13,27H2,1H3. The van der Waals surface area contributed by atoms with Gasteiger partial charge in [-0.05, 0) is 24.3 Å². The van der Waals surface area contributed by atoms with E-state index < -0.39 is 17.9 Å². The summed E-state index contributed by atoms with van der Waals surface area (Å²) in [5.41, 5.74) is 2.28. The van der Waals surface area contributed by atoms with Crippen LogP contribution in [0.4, 0.5) is 19.3 Å². The average molecular weight is 509 g/mol. The fourth-order valence-corrected chi connectivity index (χ4v) is 5.07. The number of pyridine rings is 1. The molecule has 1 aromatic carbocycles. The number of aromatic nitrogens is 1. The van der Waals surface area contributed by atoms with Crippen LogP contribution in [0.5, 0.6) is 0 Å². The van der Waals surface area contributed by atoms with E-state index in [0.29, 0.717) is 67.9 Å². The first-order chi connectivity index (χ1) is 17.9. The minimum absolute atomic E-state index is 0.175. The second kappa shape index (κ2) is 9.09. The fourth-order valence-electron chi connectivity index (χ4n) is 5.07. The molecule has 1 atom stereocenters. The fraction of sp³-hybridized carbons (Fsp3) is 0.333. The molecule has 0 bridgehead atoms. The van der Waals surface area contributed by atoms with Crippen LogP contribution in [0.2, 0.25) is 0 Å². The Labute approximate surface area is 212 Å². The first-order valence-electron chi connectivity index (χ1n) is 12.0. The van der Waals surface area contributed by atoms with E-state index in [0.717, 1.165) is 6.07 Å². The molecule has 0 spiro atoms. The Balaban J connectivity index is 1.16. The number of halogens is 2. The summed E-state index contributed by atoms with van der Waals surface area (Å²) < 4.78 is 27.5. The van der Waals surface area contributed by atoms with Crippen molar-refractivity contribution in [1.82, 2.24) is 29.8 Å². The third kappa shape index (κ3) is 3.96. The van der Waals surface area contributed by atoms with Gasteiger partial charge in [0.05, 0.1) is 11.4 Å². The van der Waals surface area contributed by atoms with Gasteiger partial charge in [0.25, 0.3) is 0 Å². The van der Waals surface area contributed by atoms with Crippen LogP contribution < -0.4 is 10.7 Å². The minimum Gasteiger partial charge on any atom is -0.367 e. The second-order valence-corrected chi connectivity index (χ2v) is 9.13. The molecule has 2 saturated heterocycles. The minimum atomic E-state index is -0.586. The van der Waals surface area contributed by atoms with Crippen molar-refractivity contribution < 1.29 is 13.6 Å². The Kier molecular flexibility index (Phi) is 5.72. The van der Waals surface area contributed by atoms with Crippen LogP contribution in [0.3, 0.4) is 0 Å². The van der Waals surface area contributed by atoms with Gasteiger partial charge < -0.3 is 4.90 Å². The zero-order valence-corrected chi connectivity index (χ0v) is 20.2. The number of rotatable bonds is 5. The maximum absolute atomic E-state index is 14.2. The van der Waals surface area contributed by atoms with Gasteiger partial charge in [0.2, 0.25) is 6.29 Å². The number of urea groups is 1. The predicted octanol–water partition coefficient (Wildman–Crippen LogP) is 1.35. The summed E-state index contributed by atoms with van der Waals surface area (Å²) in [7, 11) is 1.70. The topological polar surface area (TPSA) is 100 Å². The molecule has 192 valence electrons. The Morgan fingerprint density at radius 1 is 1.08 bits per heavy atom. The average Bonchev–Trinajstić information content (AvgIpc) is 3.40. The summed E-state index contributed by atoms with van der Waals surface area (Å²) in [6.07, 6.45) is 2.60. The largest absolute Gasteiger partial charge is 0.367 e. The van der Waals surface area contributed by atoms with E-state index in [4.69, 9.17) is 10.8 Å². The van der Waals surface area contributed by atoms with Gasteiger partial charge >= 0.3 is 6.03 Å². The highest BCUT2D eigenvalue weighted by Crippen LogP contribution is 2.37. The normalized spacial score (nSPS) is 21.7. The highest BCUT2D eigenvalue weighted by molar-refractivity contribution is 6.13. The lowest BCUT2D eigenvalue weighted by molar-refractivity contribution is 0.0842. The Morgan fingerprint density at radius 3 is 2.62 bits per heavy atom. The van der Waals surface area contributed by atoms with E-state index in [9.17, 15) is 13.6 Å². The van der Waals surface area contributed by atoms with E-state index in [1.807, 2.05) is 23.1 Å². The number of amides is 2. The van der Waals surface area contributed by atoms with Gasteiger partial charge in [0.1, 0.15) is 29.4 Å². The smallest absolute Gasteiger partial charge is 0.341 e. The molecule has 13 heteroatoms. The third-order valence-electron chi connectivity index (χ3n) is 6.99. The molecule has 0 radical (unpaired) electrons. The number of carbonyl (C=O) groups is 1. The molecule has 1 aromatic heterocycles. The van der Waals surface area contributed by atoms with Crippen LogP contribution in [-0.4, -0.2) is 101 Å². The summed E-state index contributed by atoms with van der Waals surface area (Å²) in [5, 5.41) is 4.68. The number of piperazine rings is 1. The molecular weight excluding hydrogens is 482 g/mol. The van der Waals surface area contributed by atoms with Crippen molar-refractivity contribution >= 4 is 29.6 Å². The number of hydrogen-bond acceptors (Lipinski definition) is 9. The van der Waals surface area contributed by atoms with Crippen molar-refractivity contribution in [3.63, 3.8) is 0 Å². The van der Waals surface area contributed by atoms with Gasteiger partial charge in [-0.2, -0.15) is 0 Å². The van der Waals surface area contributed by atoms with E-state index in [-0.39, 0.29) is 6.03 Å². The third-order valence-corrected chi connectivity index (χ3v) is 6.99. The first-order valence-corrected chi connectivity index (χ1v) is 12.0. The SMILES string of the molecule is CN1C(=O)N(CCN2CCN(c3ccc(F)cc3F)CC2)C2N=C3C(=C(c4ccccn4)N=CN3N)N21. The van der Waals surface area contributed by atoms with E-state index in [1.54, 1.807) is 23.2 Å². The summed E-state index contributed by atoms with van der Waals surface area (Å²) >= 11 is 0. The monoisotopic (exact) mass is 508 g/mol. The van der Waals surface area contributed by atoms with E-state index in [2.05, 4.69) is 14.9 Å². The highest BCUT2D eigenvalue weighted by Gasteiger charge is 2.51. The second-order valence-electron chi connectivity index (χ2n) is 9.13. The quantitative estimate of drug-likeness (QED) is 0.609. The lowest BCUT2D eigenvalue weighted by Gasteiger charge is -2.36. The lowest BCUT2D eigenvalue weighted by atomic mass is 10.2. The highest BCUT2D eigenvalue weighted by atomic mass is 19.1. The maximum atomic E-state index is 14.2. The van der Waals surface area contributed by atoms with Crippen molar-refractivity contribution in [3.8, 4) is 0 Å². The zero-order chi connectivity index (χ0) is 25.7. The molecule has 0 saturated carbocycles. The molecular formula is C24H26F2N10O. The number of amidine groups is 1. The molecule has 4 aliphatic heterocycles. The van der Waals surface area contributed by atoms with Crippen LogP contribution in [0.1, 0.15) is 5.69 Å². The van der Waals surface area contributed by atoms with Crippen molar-refractivity contribution in [2.24, 2.45) is 15.8 Å². The molecule has 2 N–H and O–H groups in total. The molecule has 2 amide bonds. The lowest BCUT2D eigenvalue weighted by Crippen LogP contribution is -2.49. The summed E-state index contributed by atoms with van der Waals surface area (Å²) in [6, 6.07) is 9.03. The van der Waals surface area contributed by atoms with E-state index >= 15 is 0 Å². The Hall–Kier alpha value is -4.10. The molecule has 0 aliphatic carbocycles. The van der Waals surface area contributed by atoms with Gasteiger partial charge in [-0.3, -0.25) is 14.8 Å². The number of benzene rings is 1. The van der Waals surface area contributed by atoms with Crippen molar-refractivity contribution in [2.75, 3.05) is 51.2 Å². The summed E-state index contributed by atoms with van der Waals surface area (Å²) in [4.78, 5) is 32.7. The number of fused-ring (bicyclic) bond motifs is 3. The zero-order valence-electron chi connectivity index (χ0n) is 20.2. The van der Waals surface area contributed by atoms with Crippen LogP contribution in [0, 0.1) is 11.6 Å². The Bertz CT molecular complexity index is 1310. The molecule has 1 unspecified atom stereocenters. The van der Waals surface area contributed by atoms with E-state index in [1.165, 1.54) is 28.5 Å². The molecule has 11 nitrogen and oxygen atoms in total. The van der Waals surface area contributed by atoms with Crippen LogP contribution in [0.25, 0.3) is 5.70 Å². The number of anilines is 1. The molecule has 2 aromatic rings. The molecule has 5 heterocycles. The van der Waals surface area contributed by atoms with Gasteiger partial charge in [-0.25, -0.2) is 44.4 Å². The van der Waals surface area contributed by atoms with Gasteiger partial charge in [-0.15, -0.1) is 0 Å². The predicted molar refractivity (Wildman–Crippen MR) is 134 cm³/mol. The van der Waals surface area contributed by atoms with Crippen molar-refractivity contribution in [2.45, 2.75) is 6.29 Å². The number of aliphatic imine (C=N–C) groups is 2. The molecule has 6 rings (SSSR count). The first kappa shape index (κ1) is 23.3. The van der Waals surface area contributed by atoms with Crippen LogP contribution in [0.15, 0.2) is 58.3 Å². The van der Waals surface area contributed by atoms with Crippen LogP contribution >= 0.6 is 0 Å². The van der Waals surface area contributed by atoms with Gasteiger partial charge in [-0.1, -0.05) is 6.07 Å². The van der Waals surface area contributed by atoms with Crippen molar-refractivity contribution in [3.05, 3.63) is 65.6 Å². The number of carbonyl (C=O) groups excluding carboxylic acids is 1. The van der Waals surface area contributed by atoms with Gasteiger partial charge in [0.15, 0.2) is 5.84 Å². The number of hydrazine groups is 2. The summed E-state index contributed by atoms with van der Waals surface area (Å²) in [5.74, 6) is 5.52. The molecule has 2 fully saturated rings. The number of nitrogens with zero attached hydrogens (tertiary/aromatic N) is 9. The molecule has 4 aliphatic rings.